The van der Waals surface area contributed by atoms with Crippen molar-refractivity contribution in [1.29, 1.82) is 0 Å². The van der Waals surface area contributed by atoms with Crippen LogP contribution >= 0.6 is 0 Å². The predicted octanol–water partition coefficient (Wildman–Crippen LogP) is 3.54. The second-order valence-electron chi connectivity index (χ2n) is 4.34. The van der Waals surface area contributed by atoms with Gasteiger partial charge in [0.15, 0.2) is 0 Å². The summed E-state index contributed by atoms with van der Waals surface area (Å²) in [5, 5.41) is 8.80. The average Bonchev–Trinajstić information content (AvgIpc) is 2.31. The number of hydrogen-bond acceptors (Lipinski definition) is 3. The number of hydrogen-bond donors (Lipinski definition) is 1. The lowest BCUT2D eigenvalue weighted by atomic mass is 10.1. The molecule has 0 saturated carbocycles. The summed E-state index contributed by atoms with van der Waals surface area (Å²) in [4.78, 5) is 10.8. The van der Waals surface area contributed by atoms with E-state index in [4.69, 9.17) is 9.84 Å². The Morgan fingerprint density at radius 2 is 1.59 bits per heavy atom. The second kappa shape index (κ2) is 13.5. The zero-order chi connectivity index (χ0) is 13.7. The molecular formula is C14H30O3. The normalized spacial score (nSPS) is 11.7. The SMILES string of the molecule is CCC(CC)COC(=O)C(C)O.CCCCC. The van der Waals surface area contributed by atoms with Gasteiger partial charge in [0.05, 0.1) is 6.61 Å². The van der Waals surface area contributed by atoms with Gasteiger partial charge >= 0.3 is 5.97 Å². The number of carbonyl (C=O) groups is 1. The van der Waals surface area contributed by atoms with Gasteiger partial charge in [-0.15, -0.1) is 0 Å². The first kappa shape index (κ1) is 18.8. The number of rotatable bonds is 7. The molecule has 1 atom stereocenters. The van der Waals surface area contributed by atoms with Gasteiger partial charge < -0.3 is 9.84 Å². The van der Waals surface area contributed by atoms with Gasteiger partial charge in [0.2, 0.25) is 0 Å². The fraction of sp³-hybridized carbons (Fsp3) is 0.929. The molecule has 0 heterocycles. The topological polar surface area (TPSA) is 46.5 Å². The first-order chi connectivity index (χ1) is 8.03. The monoisotopic (exact) mass is 246 g/mol. The van der Waals surface area contributed by atoms with Crippen LogP contribution in [0.1, 0.15) is 66.7 Å². The zero-order valence-electron chi connectivity index (χ0n) is 12.2. The van der Waals surface area contributed by atoms with Crippen LogP contribution in [0.3, 0.4) is 0 Å². The molecule has 3 heteroatoms. The van der Waals surface area contributed by atoms with Crippen molar-refractivity contribution in [3.8, 4) is 0 Å². The minimum Gasteiger partial charge on any atom is -0.463 e. The van der Waals surface area contributed by atoms with Gasteiger partial charge in [-0.3, -0.25) is 0 Å². The Bertz CT molecular complexity index is 161. The maximum absolute atomic E-state index is 10.8. The lowest BCUT2D eigenvalue weighted by Gasteiger charge is -2.13. The van der Waals surface area contributed by atoms with Gasteiger partial charge in [0.25, 0.3) is 0 Å². The lowest BCUT2D eigenvalue weighted by molar-refractivity contribution is -0.153. The third-order valence-electron chi connectivity index (χ3n) is 2.66. The van der Waals surface area contributed by atoms with Gasteiger partial charge in [-0.05, 0) is 12.8 Å². The van der Waals surface area contributed by atoms with Crippen molar-refractivity contribution in [3.63, 3.8) is 0 Å². The molecular weight excluding hydrogens is 216 g/mol. The number of carbonyl (C=O) groups excluding carboxylic acids is 1. The molecule has 0 spiro atoms. The van der Waals surface area contributed by atoms with E-state index < -0.39 is 12.1 Å². The number of aliphatic hydroxyl groups is 1. The second-order valence-corrected chi connectivity index (χ2v) is 4.34. The highest BCUT2D eigenvalue weighted by Gasteiger charge is 2.12. The van der Waals surface area contributed by atoms with Gasteiger partial charge in [-0.1, -0.05) is 59.8 Å². The van der Waals surface area contributed by atoms with Gasteiger partial charge in [-0.25, -0.2) is 4.79 Å². The Kier molecular flexibility index (Phi) is 14.9. The van der Waals surface area contributed by atoms with E-state index in [2.05, 4.69) is 27.7 Å². The van der Waals surface area contributed by atoms with E-state index >= 15 is 0 Å². The molecule has 104 valence electrons. The van der Waals surface area contributed by atoms with Gasteiger partial charge in [-0.2, -0.15) is 0 Å². The minimum atomic E-state index is -1.00. The quantitative estimate of drug-likeness (QED) is 0.699. The molecule has 0 aromatic heterocycles. The van der Waals surface area contributed by atoms with E-state index in [1.54, 1.807) is 0 Å². The molecule has 0 aliphatic heterocycles. The number of unbranched alkanes of at least 4 members (excludes halogenated alkanes) is 2. The van der Waals surface area contributed by atoms with Crippen LogP contribution in [0.4, 0.5) is 0 Å². The van der Waals surface area contributed by atoms with Gasteiger partial charge in [0, 0.05) is 0 Å². The van der Waals surface area contributed by atoms with Gasteiger partial charge in [0.1, 0.15) is 6.10 Å². The summed E-state index contributed by atoms with van der Waals surface area (Å²) >= 11 is 0. The van der Waals surface area contributed by atoms with Crippen molar-refractivity contribution in [2.45, 2.75) is 72.8 Å². The third-order valence-corrected chi connectivity index (χ3v) is 2.66. The minimum absolute atomic E-state index is 0.424. The van der Waals surface area contributed by atoms with Crippen LogP contribution < -0.4 is 0 Å². The molecule has 0 amide bonds. The molecule has 1 N–H and O–H groups in total. The Hall–Kier alpha value is -0.570. The fourth-order valence-corrected chi connectivity index (χ4v) is 1.20. The van der Waals surface area contributed by atoms with E-state index in [-0.39, 0.29) is 0 Å². The van der Waals surface area contributed by atoms with Crippen LogP contribution in [0.25, 0.3) is 0 Å². The van der Waals surface area contributed by atoms with Crippen molar-refractivity contribution in [1.82, 2.24) is 0 Å². The van der Waals surface area contributed by atoms with Crippen molar-refractivity contribution in [2.24, 2.45) is 5.92 Å². The van der Waals surface area contributed by atoms with Crippen LogP contribution in [0.2, 0.25) is 0 Å². The number of esters is 1. The molecule has 3 nitrogen and oxygen atoms in total. The van der Waals surface area contributed by atoms with Crippen LogP contribution in [0.15, 0.2) is 0 Å². The summed E-state index contributed by atoms with van der Waals surface area (Å²) in [6, 6.07) is 0. The van der Waals surface area contributed by atoms with Crippen molar-refractivity contribution in [2.75, 3.05) is 6.61 Å². The molecule has 0 fully saturated rings. The molecule has 0 radical (unpaired) electrons. The summed E-state index contributed by atoms with van der Waals surface area (Å²) in [5.74, 6) is -0.102. The summed E-state index contributed by atoms with van der Waals surface area (Å²) in [7, 11) is 0. The summed E-state index contributed by atoms with van der Waals surface area (Å²) in [5.41, 5.74) is 0. The molecule has 0 aliphatic rings. The molecule has 0 aliphatic carbocycles. The average molecular weight is 246 g/mol. The highest BCUT2D eigenvalue weighted by atomic mass is 16.5. The molecule has 0 aromatic rings. The molecule has 0 bridgehead atoms. The molecule has 0 aromatic carbocycles. The van der Waals surface area contributed by atoms with E-state index in [0.29, 0.717) is 12.5 Å². The molecule has 1 unspecified atom stereocenters. The van der Waals surface area contributed by atoms with E-state index in [1.165, 1.54) is 26.2 Å². The number of aliphatic hydroxyl groups excluding tert-OH is 1. The standard InChI is InChI=1S/C9H18O3.C5H12/c1-4-8(5-2)6-12-9(11)7(3)10;1-3-5-4-2/h7-8,10H,4-6H2,1-3H3;3-5H2,1-2H3. The van der Waals surface area contributed by atoms with Crippen LogP contribution in [0.5, 0.6) is 0 Å². The maximum atomic E-state index is 10.8. The smallest absolute Gasteiger partial charge is 0.334 e. The Labute approximate surface area is 107 Å². The van der Waals surface area contributed by atoms with Crippen molar-refractivity contribution < 1.29 is 14.6 Å². The summed E-state index contributed by atoms with van der Waals surface area (Å²) in [6.07, 6.45) is 5.08. The predicted molar refractivity (Wildman–Crippen MR) is 71.9 cm³/mol. The number of ether oxygens (including phenoxy) is 1. The fourth-order valence-electron chi connectivity index (χ4n) is 1.20. The highest BCUT2D eigenvalue weighted by molar-refractivity contribution is 5.73. The Balaban J connectivity index is 0. The highest BCUT2D eigenvalue weighted by Crippen LogP contribution is 2.07. The lowest BCUT2D eigenvalue weighted by Crippen LogP contribution is -2.22. The van der Waals surface area contributed by atoms with Crippen LogP contribution in [0, 0.1) is 5.92 Å². The third kappa shape index (κ3) is 13.4. The largest absolute Gasteiger partial charge is 0.463 e. The Morgan fingerprint density at radius 1 is 1.12 bits per heavy atom. The zero-order valence-corrected chi connectivity index (χ0v) is 12.2. The van der Waals surface area contributed by atoms with Crippen LogP contribution in [-0.4, -0.2) is 23.8 Å². The first-order valence-corrected chi connectivity index (χ1v) is 6.87. The van der Waals surface area contributed by atoms with Crippen LogP contribution in [-0.2, 0) is 9.53 Å². The molecule has 17 heavy (non-hydrogen) atoms. The van der Waals surface area contributed by atoms with E-state index in [9.17, 15) is 4.79 Å². The summed E-state index contributed by atoms with van der Waals surface area (Å²) in [6.45, 7) is 10.4. The maximum Gasteiger partial charge on any atom is 0.334 e. The molecule has 0 saturated heterocycles. The summed E-state index contributed by atoms with van der Waals surface area (Å²) < 4.78 is 4.86. The van der Waals surface area contributed by atoms with E-state index in [0.717, 1.165) is 12.8 Å². The molecule has 0 rings (SSSR count). The first-order valence-electron chi connectivity index (χ1n) is 6.87. The van der Waals surface area contributed by atoms with Crippen molar-refractivity contribution in [3.05, 3.63) is 0 Å². The van der Waals surface area contributed by atoms with Crippen molar-refractivity contribution >= 4 is 5.97 Å². The Morgan fingerprint density at radius 3 is 1.82 bits per heavy atom. The van der Waals surface area contributed by atoms with E-state index in [1.807, 2.05) is 0 Å².